The smallest absolute Gasteiger partial charge is 0.228 e. The van der Waals surface area contributed by atoms with Crippen LogP contribution in [0.4, 0.5) is 23.4 Å². The molecule has 12 nitrogen and oxygen atoms in total. The van der Waals surface area contributed by atoms with E-state index >= 15 is 0 Å². The summed E-state index contributed by atoms with van der Waals surface area (Å²) < 4.78 is 7.61. The number of aliphatic hydroxyl groups is 1. The lowest BCUT2D eigenvalue weighted by atomic mass is 9.92. The monoisotopic (exact) mass is 496 g/mol. The zero-order chi connectivity index (χ0) is 24.9. The van der Waals surface area contributed by atoms with Gasteiger partial charge in [-0.15, -0.1) is 0 Å². The van der Waals surface area contributed by atoms with Gasteiger partial charge in [0.15, 0.2) is 11.6 Å². The van der Waals surface area contributed by atoms with Crippen molar-refractivity contribution >= 4 is 34.4 Å². The Labute approximate surface area is 211 Å². The molecule has 1 aliphatic carbocycles. The van der Waals surface area contributed by atoms with Crippen LogP contribution in [0, 0.1) is 0 Å². The molecule has 0 bridgehead atoms. The Balaban J connectivity index is 1.61. The van der Waals surface area contributed by atoms with E-state index < -0.39 is 0 Å². The van der Waals surface area contributed by atoms with E-state index in [2.05, 4.69) is 37.4 Å². The minimum atomic E-state index is -0.208. The maximum Gasteiger partial charge on any atom is 0.228 e. The Morgan fingerprint density at radius 1 is 1.19 bits per heavy atom. The second kappa shape index (κ2) is 11.3. The third-order valence-electron chi connectivity index (χ3n) is 6.99. The number of nitrogens with zero attached hydrogens (tertiary/aromatic N) is 8. The minimum Gasteiger partial charge on any atom is -0.393 e. The van der Waals surface area contributed by atoms with E-state index in [9.17, 15) is 5.11 Å². The van der Waals surface area contributed by atoms with Gasteiger partial charge >= 0.3 is 0 Å². The Morgan fingerprint density at radius 2 is 2.00 bits per heavy atom. The van der Waals surface area contributed by atoms with Crippen LogP contribution in [0.3, 0.4) is 0 Å². The molecule has 3 aromatic rings. The maximum absolute atomic E-state index is 10.0. The third-order valence-corrected chi connectivity index (χ3v) is 6.99. The number of nitrogens with one attached hydrogen (secondary N) is 2. The Kier molecular flexibility index (Phi) is 7.73. The van der Waals surface area contributed by atoms with Gasteiger partial charge in [0.25, 0.3) is 0 Å². The van der Waals surface area contributed by atoms with E-state index in [1.807, 2.05) is 17.7 Å². The van der Waals surface area contributed by atoms with Crippen molar-refractivity contribution in [1.82, 2.24) is 35.0 Å². The highest BCUT2D eigenvalue weighted by Gasteiger charge is 2.29. The van der Waals surface area contributed by atoms with Crippen LogP contribution in [0.5, 0.6) is 0 Å². The summed E-state index contributed by atoms with van der Waals surface area (Å²) in [5, 5.41) is 21.9. The van der Waals surface area contributed by atoms with E-state index in [1.165, 1.54) is 6.33 Å². The standard InChI is InChI=1S/C24H36N10O2/c1-3-36-15-14-34-21-20(23(31-34)32(2)17-4-6-18(35)7-5-17)29-24(33-12-10-25-11-13-33)30-22(21)28-19-8-9-26-16-27-19/h8-9,16-18,25,35H,3-7,10-15H2,1-2H3,(H,26,27,28,29,30)/t17-,18-. The Hall–Kier alpha value is -3.09. The number of hydrogen-bond donors (Lipinski definition) is 3. The highest BCUT2D eigenvalue weighted by Crippen LogP contribution is 2.35. The van der Waals surface area contributed by atoms with E-state index in [0.717, 1.165) is 68.7 Å². The van der Waals surface area contributed by atoms with Crippen LogP contribution < -0.4 is 20.4 Å². The Bertz CT molecular complexity index is 1130. The molecule has 1 saturated carbocycles. The molecule has 0 radical (unpaired) electrons. The van der Waals surface area contributed by atoms with Crippen LogP contribution in [-0.4, -0.2) is 93.4 Å². The molecule has 12 heteroatoms. The molecule has 3 aromatic heterocycles. The first-order valence-electron chi connectivity index (χ1n) is 12.9. The van der Waals surface area contributed by atoms with Crippen molar-refractivity contribution in [3.8, 4) is 0 Å². The molecule has 0 spiro atoms. The molecule has 3 N–H and O–H groups in total. The van der Waals surface area contributed by atoms with Crippen molar-refractivity contribution in [3.05, 3.63) is 18.6 Å². The SMILES string of the molecule is CCOCCn1nc(N(C)[C@H]2CC[C@H](O)CC2)c2nc(N3CCNCC3)nc(Nc3ccncn3)c21. The molecule has 0 aromatic carbocycles. The molecule has 4 heterocycles. The molecular weight excluding hydrogens is 460 g/mol. The van der Waals surface area contributed by atoms with Crippen LogP contribution >= 0.6 is 0 Å². The number of rotatable bonds is 9. The molecule has 0 amide bonds. The largest absolute Gasteiger partial charge is 0.393 e. The summed E-state index contributed by atoms with van der Waals surface area (Å²) in [6, 6.07) is 2.11. The van der Waals surface area contributed by atoms with Crippen molar-refractivity contribution in [2.75, 3.05) is 61.6 Å². The molecule has 194 valence electrons. The number of hydrogen-bond acceptors (Lipinski definition) is 11. The predicted octanol–water partition coefficient (Wildman–Crippen LogP) is 1.55. The second-order valence-electron chi connectivity index (χ2n) is 9.34. The van der Waals surface area contributed by atoms with Crippen molar-refractivity contribution in [1.29, 1.82) is 0 Å². The Morgan fingerprint density at radius 3 is 2.72 bits per heavy atom. The fourth-order valence-electron chi connectivity index (χ4n) is 4.95. The summed E-state index contributed by atoms with van der Waals surface area (Å²) in [6.07, 6.45) is 6.47. The first kappa shape index (κ1) is 24.6. The molecule has 1 saturated heterocycles. The molecule has 0 unspecified atom stereocenters. The van der Waals surface area contributed by atoms with Gasteiger partial charge in [-0.25, -0.2) is 15.0 Å². The molecule has 5 rings (SSSR count). The topological polar surface area (TPSA) is 129 Å². The van der Waals surface area contributed by atoms with E-state index in [4.69, 9.17) is 19.8 Å². The van der Waals surface area contributed by atoms with Gasteiger partial charge in [-0.3, -0.25) is 4.68 Å². The normalized spacial score (nSPS) is 20.6. The second-order valence-corrected chi connectivity index (χ2v) is 9.34. The van der Waals surface area contributed by atoms with Gasteiger partial charge in [0.05, 0.1) is 19.3 Å². The summed E-state index contributed by atoms with van der Waals surface area (Å²) in [5.74, 6) is 2.82. The van der Waals surface area contributed by atoms with Crippen LogP contribution in [-0.2, 0) is 11.3 Å². The van der Waals surface area contributed by atoms with Crippen molar-refractivity contribution < 1.29 is 9.84 Å². The van der Waals surface area contributed by atoms with Gasteiger partial charge in [0.2, 0.25) is 5.95 Å². The molecular formula is C24H36N10O2. The fourth-order valence-corrected chi connectivity index (χ4v) is 4.95. The van der Waals surface area contributed by atoms with Crippen molar-refractivity contribution in [3.63, 3.8) is 0 Å². The molecule has 0 atom stereocenters. The van der Waals surface area contributed by atoms with Crippen LogP contribution in [0.1, 0.15) is 32.6 Å². The van der Waals surface area contributed by atoms with Crippen LogP contribution in [0.15, 0.2) is 18.6 Å². The number of fused-ring (bicyclic) bond motifs is 1. The first-order valence-corrected chi connectivity index (χ1v) is 12.9. The number of aliphatic hydroxyl groups excluding tert-OH is 1. The molecule has 1 aliphatic heterocycles. The van der Waals surface area contributed by atoms with Gasteiger partial charge in [0, 0.05) is 52.1 Å². The van der Waals surface area contributed by atoms with E-state index in [0.29, 0.717) is 43.4 Å². The van der Waals surface area contributed by atoms with Gasteiger partial charge in [0.1, 0.15) is 23.2 Å². The highest BCUT2D eigenvalue weighted by molar-refractivity contribution is 5.96. The summed E-state index contributed by atoms with van der Waals surface area (Å²) in [7, 11) is 2.08. The lowest BCUT2D eigenvalue weighted by Crippen LogP contribution is -2.44. The summed E-state index contributed by atoms with van der Waals surface area (Å²) in [4.78, 5) is 22.9. The minimum absolute atomic E-state index is 0.208. The van der Waals surface area contributed by atoms with Gasteiger partial charge in [-0.1, -0.05) is 0 Å². The zero-order valence-electron chi connectivity index (χ0n) is 21.1. The number of aromatic nitrogens is 6. The number of ether oxygens (including phenoxy) is 1. The van der Waals surface area contributed by atoms with Gasteiger partial charge in [-0.2, -0.15) is 10.1 Å². The lowest BCUT2D eigenvalue weighted by Gasteiger charge is -2.33. The summed E-state index contributed by atoms with van der Waals surface area (Å²) in [5.41, 5.74) is 1.63. The predicted molar refractivity (Wildman–Crippen MR) is 139 cm³/mol. The van der Waals surface area contributed by atoms with Crippen LogP contribution in [0.25, 0.3) is 11.0 Å². The van der Waals surface area contributed by atoms with Gasteiger partial charge in [-0.05, 0) is 38.7 Å². The maximum atomic E-state index is 10.0. The van der Waals surface area contributed by atoms with Crippen LogP contribution in [0.2, 0.25) is 0 Å². The van der Waals surface area contributed by atoms with Gasteiger partial charge < -0.3 is 30.3 Å². The molecule has 2 aliphatic rings. The van der Waals surface area contributed by atoms with Crippen molar-refractivity contribution in [2.24, 2.45) is 0 Å². The summed E-state index contributed by atoms with van der Waals surface area (Å²) >= 11 is 0. The lowest BCUT2D eigenvalue weighted by molar-refractivity contribution is 0.122. The first-order chi connectivity index (χ1) is 17.6. The molecule has 36 heavy (non-hydrogen) atoms. The quantitative estimate of drug-likeness (QED) is 0.373. The zero-order valence-corrected chi connectivity index (χ0v) is 21.1. The summed E-state index contributed by atoms with van der Waals surface area (Å²) in [6.45, 7) is 7.21. The van der Waals surface area contributed by atoms with E-state index in [1.54, 1.807) is 6.20 Å². The average Bonchev–Trinajstić information content (AvgIpc) is 3.29. The van der Waals surface area contributed by atoms with Crippen molar-refractivity contribution in [2.45, 2.75) is 51.3 Å². The number of piperazine rings is 1. The third kappa shape index (κ3) is 5.35. The van der Waals surface area contributed by atoms with E-state index in [-0.39, 0.29) is 6.10 Å². The number of anilines is 4. The average molecular weight is 497 g/mol. The molecule has 2 fully saturated rings. The highest BCUT2D eigenvalue weighted by atomic mass is 16.5. The fraction of sp³-hybridized carbons (Fsp3) is 0.625.